The largest absolute Gasteiger partial charge is 0.393 e. The molecule has 100 valence electrons. The number of aliphatic hydroxyl groups is 1. The van der Waals surface area contributed by atoms with Gasteiger partial charge in [-0.1, -0.05) is 39.8 Å². The molecule has 0 bridgehead atoms. The van der Waals surface area contributed by atoms with Gasteiger partial charge in [-0.15, -0.1) is 0 Å². The van der Waals surface area contributed by atoms with Gasteiger partial charge in [-0.05, 0) is 37.0 Å². The Kier molecular flexibility index (Phi) is 4.69. The van der Waals surface area contributed by atoms with Crippen molar-refractivity contribution in [2.45, 2.75) is 53.1 Å². The summed E-state index contributed by atoms with van der Waals surface area (Å²) in [4.78, 5) is 4.61. The van der Waals surface area contributed by atoms with Crippen LogP contribution in [0.1, 0.15) is 47.1 Å². The van der Waals surface area contributed by atoms with Crippen LogP contribution in [0.4, 0.5) is 5.69 Å². The van der Waals surface area contributed by atoms with Crippen molar-refractivity contribution in [2.24, 2.45) is 10.9 Å². The fraction of sp³-hybridized carbons (Fsp3) is 0.562. The Labute approximate surface area is 111 Å². The first-order chi connectivity index (χ1) is 8.21. The maximum absolute atomic E-state index is 9.57. The highest BCUT2D eigenvalue weighted by Crippen LogP contribution is 2.26. The molecule has 0 saturated carbocycles. The summed E-state index contributed by atoms with van der Waals surface area (Å²) >= 11 is 0. The Bertz CT molecular complexity index is 427. The molecule has 0 aromatic heterocycles. The van der Waals surface area contributed by atoms with Crippen LogP contribution in [0, 0.1) is 5.92 Å². The highest BCUT2D eigenvalue weighted by Gasteiger charge is 2.15. The minimum Gasteiger partial charge on any atom is -0.393 e. The highest BCUT2D eigenvalue weighted by atomic mass is 16.3. The molecule has 0 fully saturated rings. The van der Waals surface area contributed by atoms with Crippen molar-refractivity contribution >= 4 is 11.4 Å². The first-order valence-electron chi connectivity index (χ1n) is 6.55. The maximum atomic E-state index is 9.57. The van der Waals surface area contributed by atoms with Gasteiger partial charge in [0.25, 0.3) is 0 Å². The van der Waals surface area contributed by atoms with Crippen LogP contribution in [0.2, 0.25) is 0 Å². The van der Waals surface area contributed by atoms with Gasteiger partial charge >= 0.3 is 0 Å². The van der Waals surface area contributed by atoms with E-state index in [2.05, 4.69) is 37.9 Å². The smallest absolute Gasteiger partial charge is 0.0631 e. The number of hydrogen-bond donors (Lipinski definition) is 1. The van der Waals surface area contributed by atoms with Crippen molar-refractivity contribution < 1.29 is 5.11 Å². The van der Waals surface area contributed by atoms with Gasteiger partial charge in [0, 0.05) is 11.6 Å². The van der Waals surface area contributed by atoms with Gasteiger partial charge in [-0.25, -0.2) is 0 Å². The molecule has 0 radical (unpaired) electrons. The third kappa shape index (κ3) is 3.95. The van der Waals surface area contributed by atoms with Gasteiger partial charge in [-0.2, -0.15) is 0 Å². The van der Waals surface area contributed by atoms with Crippen LogP contribution in [0.25, 0.3) is 0 Å². The Hall–Kier alpha value is -1.15. The summed E-state index contributed by atoms with van der Waals surface area (Å²) in [6, 6.07) is 8.30. The lowest BCUT2D eigenvalue weighted by Crippen LogP contribution is -2.20. The summed E-state index contributed by atoms with van der Waals surface area (Å²) in [7, 11) is 0. The van der Waals surface area contributed by atoms with Crippen molar-refractivity contribution in [3.05, 3.63) is 29.8 Å². The van der Waals surface area contributed by atoms with E-state index in [4.69, 9.17) is 0 Å². The number of benzene rings is 1. The lowest BCUT2D eigenvalue weighted by molar-refractivity contribution is 0.165. The summed E-state index contributed by atoms with van der Waals surface area (Å²) in [5.41, 5.74) is 3.35. The molecular formula is C16H25NO. The van der Waals surface area contributed by atoms with E-state index in [-0.39, 0.29) is 17.4 Å². The van der Waals surface area contributed by atoms with Crippen LogP contribution in [0.3, 0.4) is 0 Å². The maximum Gasteiger partial charge on any atom is 0.0631 e. The quantitative estimate of drug-likeness (QED) is 0.802. The highest BCUT2D eigenvalue weighted by molar-refractivity contribution is 5.87. The van der Waals surface area contributed by atoms with Crippen molar-refractivity contribution in [1.29, 1.82) is 0 Å². The Morgan fingerprint density at radius 2 is 1.83 bits per heavy atom. The molecule has 2 unspecified atom stereocenters. The topological polar surface area (TPSA) is 32.6 Å². The Morgan fingerprint density at radius 1 is 1.22 bits per heavy atom. The van der Waals surface area contributed by atoms with E-state index in [1.165, 1.54) is 5.56 Å². The molecule has 1 N–H and O–H groups in total. The van der Waals surface area contributed by atoms with E-state index in [1.807, 2.05) is 26.0 Å². The molecule has 1 aromatic carbocycles. The number of aliphatic imine (C=N–C) groups is 1. The van der Waals surface area contributed by atoms with Gasteiger partial charge in [0.2, 0.25) is 0 Å². The van der Waals surface area contributed by atoms with Crippen LogP contribution in [0.15, 0.2) is 29.3 Å². The van der Waals surface area contributed by atoms with Crippen molar-refractivity contribution in [3.8, 4) is 0 Å². The van der Waals surface area contributed by atoms with Gasteiger partial charge in [0.1, 0.15) is 0 Å². The summed E-state index contributed by atoms with van der Waals surface area (Å²) in [6.07, 6.45) is -0.362. The molecule has 2 heteroatoms. The van der Waals surface area contributed by atoms with Crippen LogP contribution in [0.5, 0.6) is 0 Å². The second-order valence-electron chi connectivity index (χ2n) is 6.08. The van der Waals surface area contributed by atoms with Crippen molar-refractivity contribution in [2.75, 3.05) is 0 Å². The zero-order valence-corrected chi connectivity index (χ0v) is 12.4. The van der Waals surface area contributed by atoms with E-state index >= 15 is 0 Å². The molecule has 18 heavy (non-hydrogen) atoms. The average Bonchev–Trinajstić information content (AvgIpc) is 2.27. The fourth-order valence-corrected chi connectivity index (χ4v) is 1.70. The molecule has 1 rings (SSSR count). The Morgan fingerprint density at radius 3 is 2.33 bits per heavy atom. The lowest BCUT2D eigenvalue weighted by Gasteiger charge is -2.19. The van der Waals surface area contributed by atoms with Gasteiger partial charge in [-0.3, -0.25) is 4.99 Å². The summed E-state index contributed by atoms with van der Waals surface area (Å²) in [5, 5.41) is 9.57. The van der Waals surface area contributed by atoms with E-state index in [1.54, 1.807) is 6.92 Å². The third-order valence-corrected chi connectivity index (χ3v) is 3.40. The minimum atomic E-state index is -0.362. The second kappa shape index (κ2) is 5.66. The molecule has 0 saturated heterocycles. The molecule has 1 aromatic rings. The van der Waals surface area contributed by atoms with Crippen molar-refractivity contribution in [1.82, 2.24) is 0 Å². The number of hydrogen-bond acceptors (Lipinski definition) is 2. The summed E-state index contributed by atoms with van der Waals surface area (Å²) < 4.78 is 0. The molecule has 0 amide bonds. The van der Waals surface area contributed by atoms with Crippen LogP contribution in [-0.4, -0.2) is 16.9 Å². The van der Waals surface area contributed by atoms with Crippen LogP contribution < -0.4 is 0 Å². The van der Waals surface area contributed by atoms with Gasteiger partial charge < -0.3 is 5.11 Å². The van der Waals surface area contributed by atoms with Crippen LogP contribution in [-0.2, 0) is 5.41 Å². The minimum absolute atomic E-state index is 0.0864. The molecule has 2 nitrogen and oxygen atoms in total. The summed E-state index contributed by atoms with van der Waals surface area (Å²) in [6.45, 7) is 12.4. The second-order valence-corrected chi connectivity index (χ2v) is 6.08. The molecule has 0 spiro atoms. The molecule has 0 aliphatic rings. The predicted molar refractivity (Wildman–Crippen MR) is 78.8 cm³/mol. The Balaban J connectivity index is 3.02. The number of rotatable bonds is 3. The standard InChI is InChI=1S/C16H25NO/c1-11(13(3)18)12(2)17-15-9-7-8-14(10-15)16(4,5)6/h7-11,13,18H,1-6H3. The van der Waals surface area contributed by atoms with Crippen molar-refractivity contribution in [3.63, 3.8) is 0 Å². The van der Waals surface area contributed by atoms with Gasteiger partial charge in [0.05, 0.1) is 11.8 Å². The van der Waals surface area contributed by atoms with E-state index in [9.17, 15) is 5.11 Å². The molecule has 0 heterocycles. The third-order valence-electron chi connectivity index (χ3n) is 3.40. The first kappa shape index (κ1) is 14.9. The molecule has 0 aliphatic heterocycles. The number of aliphatic hydroxyl groups excluding tert-OH is 1. The normalized spacial score (nSPS) is 16.5. The average molecular weight is 247 g/mol. The van der Waals surface area contributed by atoms with Crippen LogP contribution >= 0.6 is 0 Å². The van der Waals surface area contributed by atoms with E-state index in [0.29, 0.717) is 0 Å². The fourth-order valence-electron chi connectivity index (χ4n) is 1.70. The summed E-state index contributed by atoms with van der Waals surface area (Å²) in [5.74, 6) is 0.0864. The molecular weight excluding hydrogens is 222 g/mol. The van der Waals surface area contributed by atoms with Gasteiger partial charge in [0.15, 0.2) is 0 Å². The monoisotopic (exact) mass is 247 g/mol. The predicted octanol–water partition coefficient (Wildman–Crippen LogP) is 4.09. The number of nitrogens with zero attached hydrogens (tertiary/aromatic N) is 1. The first-order valence-corrected chi connectivity index (χ1v) is 6.55. The zero-order chi connectivity index (χ0) is 13.9. The van der Waals surface area contributed by atoms with E-state index < -0.39 is 0 Å². The molecule has 2 atom stereocenters. The molecule has 0 aliphatic carbocycles. The lowest BCUT2D eigenvalue weighted by atomic mass is 9.87. The zero-order valence-electron chi connectivity index (χ0n) is 12.4. The SMILES string of the molecule is CC(=Nc1cccc(C(C)(C)C)c1)C(C)C(C)O. The van der Waals surface area contributed by atoms with E-state index in [0.717, 1.165) is 11.4 Å².